The van der Waals surface area contributed by atoms with Crippen molar-refractivity contribution in [1.82, 2.24) is 29.5 Å². The SMILES string of the molecule is Cn1cnnc1Cn1cncn1. The van der Waals surface area contributed by atoms with E-state index in [1.54, 1.807) is 17.3 Å². The third-order valence-corrected chi connectivity index (χ3v) is 1.58. The van der Waals surface area contributed by atoms with Crippen LogP contribution < -0.4 is 0 Å². The molecule has 0 aliphatic heterocycles. The van der Waals surface area contributed by atoms with E-state index < -0.39 is 0 Å². The van der Waals surface area contributed by atoms with Crippen LogP contribution in [0.2, 0.25) is 0 Å². The van der Waals surface area contributed by atoms with E-state index in [1.807, 2.05) is 11.6 Å². The van der Waals surface area contributed by atoms with Crippen LogP contribution in [-0.4, -0.2) is 29.5 Å². The van der Waals surface area contributed by atoms with E-state index in [0.717, 1.165) is 5.82 Å². The largest absolute Gasteiger partial charge is 0.319 e. The molecule has 0 saturated heterocycles. The summed E-state index contributed by atoms with van der Waals surface area (Å²) >= 11 is 0. The molecule has 0 bridgehead atoms. The van der Waals surface area contributed by atoms with E-state index in [2.05, 4.69) is 20.3 Å². The first-order chi connectivity index (χ1) is 5.86. The zero-order valence-corrected chi connectivity index (χ0v) is 6.62. The van der Waals surface area contributed by atoms with Crippen molar-refractivity contribution in [3.8, 4) is 0 Å². The molecule has 0 N–H and O–H groups in total. The van der Waals surface area contributed by atoms with Gasteiger partial charge in [-0.1, -0.05) is 0 Å². The zero-order valence-electron chi connectivity index (χ0n) is 6.62. The summed E-state index contributed by atoms with van der Waals surface area (Å²) in [4.78, 5) is 3.83. The molecule has 2 rings (SSSR count). The summed E-state index contributed by atoms with van der Waals surface area (Å²) in [5.74, 6) is 0.862. The zero-order chi connectivity index (χ0) is 8.39. The first kappa shape index (κ1) is 6.96. The monoisotopic (exact) mass is 164 g/mol. The second kappa shape index (κ2) is 2.72. The molecular formula is C6H8N6. The second-order valence-corrected chi connectivity index (χ2v) is 2.45. The van der Waals surface area contributed by atoms with Crippen molar-refractivity contribution >= 4 is 0 Å². The second-order valence-electron chi connectivity index (χ2n) is 2.45. The van der Waals surface area contributed by atoms with E-state index in [0.29, 0.717) is 6.54 Å². The van der Waals surface area contributed by atoms with Crippen LogP contribution in [0.15, 0.2) is 19.0 Å². The summed E-state index contributed by atoms with van der Waals surface area (Å²) in [6.07, 6.45) is 4.80. The highest BCUT2D eigenvalue weighted by Crippen LogP contribution is 1.93. The normalized spacial score (nSPS) is 10.4. The van der Waals surface area contributed by atoms with E-state index in [4.69, 9.17) is 0 Å². The molecular weight excluding hydrogens is 156 g/mol. The summed E-state index contributed by atoms with van der Waals surface area (Å²) < 4.78 is 3.55. The summed E-state index contributed by atoms with van der Waals surface area (Å²) in [5, 5.41) is 11.6. The molecule has 0 saturated carbocycles. The van der Waals surface area contributed by atoms with E-state index in [1.165, 1.54) is 6.33 Å². The molecule has 0 radical (unpaired) electrons. The van der Waals surface area contributed by atoms with E-state index >= 15 is 0 Å². The van der Waals surface area contributed by atoms with Crippen molar-refractivity contribution in [1.29, 1.82) is 0 Å². The van der Waals surface area contributed by atoms with E-state index in [-0.39, 0.29) is 0 Å². The highest BCUT2D eigenvalue weighted by atomic mass is 15.3. The van der Waals surface area contributed by atoms with Crippen molar-refractivity contribution in [3.05, 3.63) is 24.8 Å². The number of hydrogen-bond acceptors (Lipinski definition) is 4. The van der Waals surface area contributed by atoms with Crippen LogP contribution in [0.3, 0.4) is 0 Å². The molecule has 0 aromatic carbocycles. The minimum absolute atomic E-state index is 0.608. The maximum atomic E-state index is 3.96. The van der Waals surface area contributed by atoms with Crippen LogP contribution in [0.4, 0.5) is 0 Å². The average Bonchev–Trinajstić information content (AvgIpc) is 2.65. The van der Waals surface area contributed by atoms with Crippen LogP contribution in [0.5, 0.6) is 0 Å². The van der Waals surface area contributed by atoms with Crippen molar-refractivity contribution < 1.29 is 0 Å². The number of rotatable bonds is 2. The maximum Gasteiger partial charge on any atom is 0.154 e. The van der Waals surface area contributed by atoms with Crippen LogP contribution >= 0.6 is 0 Å². The topological polar surface area (TPSA) is 61.4 Å². The quantitative estimate of drug-likeness (QED) is 0.597. The van der Waals surface area contributed by atoms with Gasteiger partial charge >= 0.3 is 0 Å². The molecule has 6 nitrogen and oxygen atoms in total. The van der Waals surface area contributed by atoms with Crippen molar-refractivity contribution in [3.63, 3.8) is 0 Å². The van der Waals surface area contributed by atoms with Crippen LogP contribution in [0.1, 0.15) is 5.82 Å². The summed E-state index contributed by atoms with van der Waals surface area (Å²) in [6, 6.07) is 0. The van der Waals surface area contributed by atoms with Gasteiger partial charge in [-0.25, -0.2) is 9.67 Å². The Bertz CT molecular complexity index is 348. The number of nitrogens with zero attached hydrogens (tertiary/aromatic N) is 6. The Morgan fingerprint density at radius 3 is 2.92 bits per heavy atom. The third-order valence-electron chi connectivity index (χ3n) is 1.58. The lowest BCUT2D eigenvalue weighted by Gasteiger charge is -1.98. The fraction of sp³-hybridized carbons (Fsp3) is 0.333. The molecule has 0 unspecified atom stereocenters. The molecule has 2 aromatic heterocycles. The Kier molecular flexibility index (Phi) is 1.58. The van der Waals surface area contributed by atoms with Crippen molar-refractivity contribution in [2.75, 3.05) is 0 Å². The fourth-order valence-corrected chi connectivity index (χ4v) is 0.910. The lowest BCUT2D eigenvalue weighted by Crippen LogP contribution is -2.05. The number of aromatic nitrogens is 6. The smallest absolute Gasteiger partial charge is 0.154 e. The molecule has 12 heavy (non-hydrogen) atoms. The lowest BCUT2D eigenvalue weighted by molar-refractivity contribution is 0.628. The number of hydrogen-bond donors (Lipinski definition) is 0. The summed E-state index contributed by atoms with van der Waals surface area (Å²) in [6.45, 7) is 0.608. The lowest BCUT2D eigenvalue weighted by atomic mass is 10.6. The van der Waals surface area contributed by atoms with E-state index in [9.17, 15) is 0 Å². The molecule has 0 atom stereocenters. The van der Waals surface area contributed by atoms with Crippen LogP contribution in [0.25, 0.3) is 0 Å². The molecule has 0 spiro atoms. The Hall–Kier alpha value is -1.72. The van der Waals surface area contributed by atoms with Crippen molar-refractivity contribution in [2.24, 2.45) is 7.05 Å². The number of aryl methyl sites for hydroxylation is 1. The molecule has 0 aliphatic rings. The Balaban J connectivity index is 2.20. The summed E-state index contributed by atoms with van der Waals surface area (Å²) in [5.41, 5.74) is 0. The Labute approximate surface area is 68.9 Å². The molecule has 0 aliphatic carbocycles. The molecule has 62 valence electrons. The molecule has 2 heterocycles. The van der Waals surface area contributed by atoms with Gasteiger partial charge in [0.25, 0.3) is 0 Å². The van der Waals surface area contributed by atoms with Gasteiger partial charge in [0.15, 0.2) is 5.82 Å². The van der Waals surface area contributed by atoms with Gasteiger partial charge in [0, 0.05) is 7.05 Å². The predicted octanol–water partition coefficient (Wildman–Crippen LogP) is -0.545. The Morgan fingerprint density at radius 2 is 2.33 bits per heavy atom. The first-order valence-electron chi connectivity index (χ1n) is 3.51. The van der Waals surface area contributed by atoms with Crippen LogP contribution in [-0.2, 0) is 13.6 Å². The summed E-state index contributed by atoms with van der Waals surface area (Å²) in [7, 11) is 1.90. The van der Waals surface area contributed by atoms with Gasteiger partial charge in [-0.05, 0) is 0 Å². The van der Waals surface area contributed by atoms with Gasteiger partial charge in [0.05, 0.1) is 0 Å². The molecule has 0 amide bonds. The van der Waals surface area contributed by atoms with Crippen molar-refractivity contribution in [2.45, 2.75) is 6.54 Å². The standard InChI is InChI=1S/C6H8N6/c1-11-5-8-10-6(11)2-12-4-7-3-9-12/h3-5H,2H2,1H3. The first-order valence-corrected chi connectivity index (χ1v) is 3.51. The highest BCUT2D eigenvalue weighted by molar-refractivity contribution is 4.84. The Morgan fingerprint density at radius 1 is 1.42 bits per heavy atom. The van der Waals surface area contributed by atoms with Gasteiger partial charge < -0.3 is 4.57 Å². The minimum Gasteiger partial charge on any atom is -0.319 e. The van der Waals surface area contributed by atoms with Gasteiger partial charge in [-0.15, -0.1) is 10.2 Å². The molecule has 6 heteroatoms. The highest BCUT2D eigenvalue weighted by Gasteiger charge is 2.00. The van der Waals surface area contributed by atoms with Gasteiger partial charge in [0.1, 0.15) is 25.5 Å². The fourth-order valence-electron chi connectivity index (χ4n) is 0.910. The van der Waals surface area contributed by atoms with Crippen LogP contribution in [0, 0.1) is 0 Å². The van der Waals surface area contributed by atoms with Gasteiger partial charge in [-0.2, -0.15) is 5.10 Å². The maximum absolute atomic E-state index is 3.96. The van der Waals surface area contributed by atoms with Gasteiger partial charge in [-0.3, -0.25) is 0 Å². The van der Waals surface area contributed by atoms with Gasteiger partial charge in [0.2, 0.25) is 0 Å². The minimum atomic E-state index is 0.608. The average molecular weight is 164 g/mol. The molecule has 2 aromatic rings. The molecule has 0 fully saturated rings. The predicted molar refractivity (Wildman–Crippen MR) is 40.1 cm³/mol. The third kappa shape index (κ3) is 1.18.